The second-order valence-corrected chi connectivity index (χ2v) is 8.12. The number of ether oxygens (including phenoxy) is 1. The van der Waals surface area contributed by atoms with Crippen molar-refractivity contribution in [3.05, 3.63) is 90.2 Å². The minimum atomic E-state index is -4.74. The van der Waals surface area contributed by atoms with Crippen molar-refractivity contribution in [2.24, 2.45) is 0 Å². The van der Waals surface area contributed by atoms with Crippen LogP contribution in [0.15, 0.2) is 78.9 Å². The summed E-state index contributed by atoms with van der Waals surface area (Å²) in [5, 5.41) is 1.28. The molecule has 4 aromatic carbocycles. The van der Waals surface area contributed by atoms with E-state index >= 15 is 4.39 Å². The first-order valence-electron chi connectivity index (χ1n) is 11.0. The Morgan fingerprint density at radius 2 is 1.36 bits per heavy atom. The molecule has 33 heavy (non-hydrogen) atoms. The molecular weight excluding hydrogens is 428 g/mol. The Labute approximate surface area is 190 Å². The average molecular weight is 452 g/mol. The van der Waals surface area contributed by atoms with Crippen LogP contribution < -0.4 is 4.74 Å². The molecule has 1 nitrogen and oxygen atoms in total. The van der Waals surface area contributed by atoms with Crippen molar-refractivity contribution >= 4 is 10.8 Å². The van der Waals surface area contributed by atoms with Gasteiger partial charge in [0.1, 0.15) is 11.6 Å². The summed E-state index contributed by atoms with van der Waals surface area (Å²) in [4.78, 5) is 0. The van der Waals surface area contributed by atoms with Gasteiger partial charge in [0, 0.05) is 5.56 Å². The molecule has 0 saturated heterocycles. The third-order valence-corrected chi connectivity index (χ3v) is 5.68. The van der Waals surface area contributed by atoms with Crippen LogP contribution in [-0.4, -0.2) is 6.36 Å². The van der Waals surface area contributed by atoms with Crippen LogP contribution in [0.2, 0.25) is 0 Å². The largest absolute Gasteiger partial charge is 0.573 e. The summed E-state index contributed by atoms with van der Waals surface area (Å²) in [7, 11) is 0. The number of rotatable bonds is 7. The molecule has 0 saturated carbocycles. The molecule has 0 heterocycles. The first-order valence-corrected chi connectivity index (χ1v) is 11.0. The smallest absolute Gasteiger partial charge is 0.406 e. The van der Waals surface area contributed by atoms with Gasteiger partial charge in [-0.3, -0.25) is 0 Å². The van der Waals surface area contributed by atoms with E-state index in [1.165, 1.54) is 49.1 Å². The van der Waals surface area contributed by atoms with E-state index < -0.39 is 6.36 Å². The van der Waals surface area contributed by atoms with E-state index in [4.69, 9.17) is 0 Å². The third-order valence-electron chi connectivity index (χ3n) is 5.68. The Morgan fingerprint density at radius 3 is 2.06 bits per heavy atom. The second kappa shape index (κ2) is 9.65. The highest BCUT2D eigenvalue weighted by molar-refractivity contribution is 5.88. The van der Waals surface area contributed by atoms with Crippen LogP contribution in [0.5, 0.6) is 5.75 Å². The van der Waals surface area contributed by atoms with E-state index in [2.05, 4.69) is 23.8 Å². The number of alkyl halides is 3. The zero-order chi connectivity index (χ0) is 23.4. The van der Waals surface area contributed by atoms with Gasteiger partial charge < -0.3 is 4.74 Å². The topological polar surface area (TPSA) is 9.23 Å². The summed E-state index contributed by atoms with van der Waals surface area (Å²) in [5.74, 6) is -0.634. The molecule has 0 N–H and O–H groups in total. The number of aryl methyl sites for hydroxylation is 1. The quantitative estimate of drug-likeness (QED) is 0.201. The number of hydrogen-bond acceptors (Lipinski definition) is 1. The lowest BCUT2D eigenvalue weighted by molar-refractivity contribution is -0.274. The van der Waals surface area contributed by atoms with Crippen LogP contribution in [-0.2, 0) is 6.42 Å². The fourth-order valence-electron chi connectivity index (χ4n) is 3.96. The van der Waals surface area contributed by atoms with Crippen LogP contribution in [0.4, 0.5) is 17.6 Å². The Bertz CT molecular complexity index is 1240. The molecule has 4 aromatic rings. The number of unbranched alkanes of at least 4 members (excludes halogenated alkanes) is 2. The lowest BCUT2D eigenvalue weighted by atomic mass is 9.97. The molecule has 0 unspecified atom stereocenters. The van der Waals surface area contributed by atoms with Crippen molar-refractivity contribution in [3.8, 4) is 28.0 Å². The number of halogens is 4. The SMILES string of the molecule is CCCCCc1ccc(-c2ccc(-c3ccc4cc(OC(F)(F)F)ccc4c3)c(F)c2)cc1. The monoisotopic (exact) mass is 452 g/mol. The molecule has 0 aliphatic heterocycles. The van der Waals surface area contributed by atoms with Gasteiger partial charge in [0.25, 0.3) is 0 Å². The maximum atomic E-state index is 15.0. The second-order valence-electron chi connectivity index (χ2n) is 8.12. The molecule has 0 radical (unpaired) electrons. The molecule has 5 heteroatoms. The minimum absolute atomic E-state index is 0.283. The Hall–Kier alpha value is -3.34. The highest BCUT2D eigenvalue weighted by atomic mass is 19.4. The van der Waals surface area contributed by atoms with E-state index in [1.54, 1.807) is 24.3 Å². The van der Waals surface area contributed by atoms with E-state index in [1.807, 2.05) is 18.2 Å². The minimum Gasteiger partial charge on any atom is -0.406 e. The van der Waals surface area contributed by atoms with Crippen LogP contribution in [0.1, 0.15) is 31.7 Å². The number of fused-ring (bicyclic) bond motifs is 1. The van der Waals surface area contributed by atoms with Gasteiger partial charge in [-0.1, -0.05) is 74.4 Å². The molecule has 0 aromatic heterocycles. The van der Waals surface area contributed by atoms with E-state index in [-0.39, 0.29) is 11.6 Å². The Kier molecular flexibility index (Phi) is 6.68. The molecule has 0 atom stereocenters. The average Bonchev–Trinajstić information content (AvgIpc) is 2.78. The Morgan fingerprint density at radius 1 is 0.697 bits per heavy atom. The molecule has 4 rings (SSSR count). The Balaban J connectivity index is 1.55. The van der Waals surface area contributed by atoms with Crippen LogP contribution >= 0.6 is 0 Å². The van der Waals surface area contributed by atoms with E-state index in [0.717, 1.165) is 17.5 Å². The van der Waals surface area contributed by atoms with Gasteiger partial charge in [-0.05, 0) is 70.1 Å². The molecular formula is C28H24F4O. The van der Waals surface area contributed by atoms with Gasteiger partial charge >= 0.3 is 6.36 Å². The van der Waals surface area contributed by atoms with Crippen molar-refractivity contribution in [1.82, 2.24) is 0 Å². The maximum absolute atomic E-state index is 15.0. The van der Waals surface area contributed by atoms with Gasteiger partial charge in [0.15, 0.2) is 0 Å². The number of benzene rings is 4. The predicted octanol–water partition coefficient (Wildman–Crippen LogP) is 8.94. The highest BCUT2D eigenvalue weighted by Gasteiger charge is 2.31. The van der Waals surface area contributed by atoms with Gasteiger partial charge in [-0.25, -0.2) is 4.39 Å². The molecule has 0 amide bonds. The van der Waals surface area contributed by atoms with Gasteiger partial charge in [-0.15, -0.1) is 13.2 Å². The maximum Gasteiger partial charge on any atom is 0.573 e. The van der Waals surface area contributed by atoms with Gasteiger partial charge in [0.2, 0.25) is 0 Å². The van der Waals surface area contributed by atoms with Gasteiger partial charge in [-0.2, -0.15) is 0 Å². The molecule has 0 bridgehead atoms. The zero-order valence-corrected chi connectivity index (χ0v) is 18.3. The highest BCUT2D eigenvalue weighted by Crippen LogP contribution is 2.32. The van der Waals surface area contributed by atoms with E-state index in [9.17, 15) is 13.2 Å². The standard InChI is InChI=1S/C28H24F4O/c1-2-3-4-5-19-6-8-20(9-7-19)23-13-15-26(27(29)18-23)24-11-10-22-17-25(33-28(30,31)32)14-12-21(22)16-24/h6-18H,2-5H2,1H3. The zero-order valence-electron chi connectivity index (χ0n) is 18.3. The van der Waals surface area contributed by atoms with Gasteiger partial charge in [0.05, 0.1) is 0 Å². The first kappa shape index (κ1) is 22.8. The normalized spacial score (nSPS) is 11.7. The van der Waals surface area contributed by atoms with Crippen molar-refractivity contribution in [3.63, 3.8) is 0 Å². The van der Waals surface area contributed by atoms with Crippen molar-refractivity contribution < 1.29 is 22.3 Å². The molecule has 0 aliphatic carbocycles. The fraction of sp³-hybridized carbons (Fsp3) is 0.214. The summed E-state index contributed by atoms with van der Waals surface area (Å²) >= 11 is 0. The fourth-order valence-corrected chi connectivity index (χ4v) is 3.96. The summed E-state index contributed by atoms with van der Waals surface area (Å²) < 4.78 is 56.3. The number of hydrogen-bond donors (Lipinski definition) is 0. The molecule has 0 aliphatic rings. The van der Waals surface area contributed by atoms with Crippen molar-refractivity contribution in [1.29, 1.82) is 0 Å². The van der Waals surface area contributed by atoms with Crippen LogP contribution in [0.3, 0.4) is 0 Å². The van der Waals surface area contributed by atoms with E-state index in [0.29, 0.717) is 21.9 Å². The lowest BCUT2D eigenvalue weighted by Gasteiger charge is -2.11. The molecule has 0 fully saturated rings. The van der Waals surface area contributed by atoms with Crippen LogP contribution in [0, 0.1) is 5.82 Å². The van der Waals surface area contributed by atoms with Crippen LogP contribution in [0.25, 0.3) is 33.0 Å². The first-order chi connectivity index (χ1) is 15.8. The summed E-state index contributed by atoms with van der Waals surface area (Å²) in [6, 6.07) is 22.6. The molecule has 0 spiro atoms. The summed E-state index contributed by atoms with van der Waals surface area (Å²) in [6.45, 7) is 2.18. The third kappa shape index (κ3) is 5.72. The predicted molar refractivity (Wildman–Crippen MR) is 125 cm³/mol. The van der Waals surface area contributed by atoms with Crippen molar-refractivity contribution in [2.45, 2.75) is 39.0 Å². The summed E-state index contributed by atoms with van der Waals surface area (Å²) in [6.07, 6.45) is -0.122. The summed E-state index contributed by atoms with van der Waals surface area (Å²) in [5.41, 5.74) is 4.13. The lowest BCUT2D eigenvalue weighted by Crippen LogP contribution is -2.16. The molecule has 170 valence electrons. The van der Waals surface area contributed by atoms with Crippen molar-refractivity contribution in [2.75, 3.05) is 0 Å².